The van der Waals surface area contributed by atoms with Crippen LogP contribution in [0.15, 0.2) is 47.5 Å². The number of hydrogen-bond acceptors (Lipinski definition) is 5. The summed E-state index contributed by atoms with van der Waals surface area (Å²) in [4.78, 5) is 4.29. The lowest BCUT2D eigenvalue weighted by molar-refractivity contribution is -0.0390. The number of ether oxygens (including phenoxy) is 4. The molecular formula is C23H31N3O4. The van der Waals surface area contributed by atoms with E-state index in [0.29, 0.717) is 36.7 Å². The SMILES string of the molecule is CN=C(NCc1ccc(COC2CCOCC2)cc1)Nc1ccc(OC)c(OC)c1. The van der Waals surface area contributed by atoms with E-state index in [1.807, 2.05) is 18.2 Å². The summed E-state index contributed by atoms with van der Waals surface area (Å²) in [5, 5.41) is 6.59. The Hall–Kier alpha value is -2.77. The fourth-order valence-electron chi connectivity index (χ4n) is 3.23. The van der Waals surface area contributed by atoms with E-state index in [1.54, 1.807) is 21.3 Å². The summed E-state index contributed by atoms with van der Waals surface area (Å²) in [5.74, 6) is 2.03. The monoisotopic (exact) mass is 413 g/mol. The number of nitrogens with zero attached hydrogens (tertiary/aromatic N) is 1. The maximum absolute atomic E-state index is 5.98. The van der Waals surface area contributed by atoms with Crippen molar-refractivity contribution in [2.75, 3.05) is 39.8 Å². The Bertz CT molecular complexity index is 818. The lowest BCUT2D eigenvalue weighted by atomic mass is 10.1. The molecule has 7 nitrogen and oxygen atoms in total. The molecule has 0 spiro atoms. The van der Waals surface area contributed by atoms with E-state index in [-0.39, 0.29) is 0 Å². The minimum absolute atomic E-state index is 0.311. The Balaban J connectivity index is 1.48. The smallest absolute Gasteiger partial charge is 0.195 e. The molecule has 2 aromatic carbocycles. The van der Waals surface area contributed by atoms with Crippen LogP contribution in [0, 0.1) is 0 Å². The van der Waals surface area contributed by atoms with Crippen LogP contribution in [0.5, 0.6) is 11.5 Å². The molecule has 1 heterocycles. The van der Waals surface area contributed by atoms with Crippen molar-refractivity contribution in [2.24, 2.45) is 4.99 Å². The van der Waals surface area contributed by atoms with Crippen LogP contribution < -0.4 is 20.1 Å². The third-order valence-corrected chi connectivity index (χ3v) is 5.01. The van der Waals surface area contributed by atoms with Crippen molar-refractivity contribution in [1.29, 1.82) is 0 Å². The van der Waals surface area contributed by atoms with Gasteiger partial charge in [0.15, 0.2) is 17.5 Å². The van der Waals surface area contributed by atoms with E-state index < -0.39 is 0 Å². The molecule has 0 aromatic heterocycles. The number of hydrogen-bond donors (Lipinski definition) is 2. The number of rotatable bonds is 8. The summed E-state index contributed by atoms with van der Waals surface area (Å²) in [6.07, 6.45) is 2.27. The van der Waals surface area contributed by atoms with Gasteiger partial charge in [0.05, 0.1) is 26.9 Å². The number of guanidine groups is 1. The average Bonchev–Trinajstić information content (AvgIpc) is 2.81. The number of methoxy groups -OCH3 is 2. The van der Waals surface area contributed by atoms with Crippen LogP contribution in [-0.2, 0) is 22.6 Å². The van der Waals surface area contributed by atoms with Gasteiger partial charge in [0.1, 0.15) is 0 Å². The van der Waals surface area contributed by atoms with Gasteiger partial charge in [-0.3, -0.25) is 4.99 Å². The first kappa shape index (κ1) is 21.9. The molecule has 30 heavy (non-hydrogen) atoms. The number of aliphatic imine (C=N–C) groups is 1. The Morgan fingerprint density at radius 2 is 1.70 bits per heavy atom. The van der Waals surface area contributed by atoms with Gasteiger partial charge in [-0.2, -0.15) is 0 Å². The van der Waals surface area contributed by atoms with Gasteiger partial charge in [-0.05, 0) is 36.1 Å². The van der Waals surface area contributed by atoms with E-state index in [1.165, 1.54) is 11.1 Å². The minimum Gasteiger partial charge on any atom is -0.493 e. The first-order valence-electron chi connectivity index (χ1n) is 10.2. The van der Waals surface area contributed by atoms with Crippen molar-refractivity contribution in [3.63, 3.8) is 0 Å². The van der Waals surface area contributed by atoms with Crippen LogP contribution in [-0.4, -0.2) is 46.5 Å². The quantitative estimate of drug-likeness (QED) is 0.509. The van der Waals surface area contributed by atoms with Gasteiger partial charge in [0, 0.05) is 38.6 Å². The normalized spacial score (nSPS) is 15.0. The highest BCUT2D eigenvalue weighted by atomic mass is 16.5. The lowest BCUT2D eigenvalue weighted by Gasteiger charge is -2.22. The molecule has 1 fully saturated rings. The summed E-state index contributed by atoms with van der Waals surface area (Å²) in [6, 6.07) is 14.1. The zero-order valence-corrected chi connectivity index (χ0v) is 17.9. The van der Waals surface area contributed by atoms with Crippen molar-refractivity contribution in [3.05, 3.63) is 53.6 Å². The van der Waals surface area contributed by atoms with Crippen molar-refractivity contribution in [1.82, 2.24) is 5.32 Å². The van der Waals surface area contributed by atoms with E-state index in [4.69, 9.17) is 18.9 Å². The predicted molar refractivity (Wildman–Crippen MR) is 118 cm³/mol. The predicted octanol–water partition coefficient (Wildman–Crippen LogP) is 3.59. The van der Waals surface area contributed by atoms with Crippen molar-refractivity contribution >= 4 is 11.6 Å². The molecule has 0 saturated carbocycles. The van der Waals surface area contributed by atoms with Gasteiger partial charge in [0.2, 0.25) is 0 Å². The third kappa shape index (κ3) is 6.37. The highest BCUT2D eigenvalue weighted by Crippen LogP contribution is 2.29. The van der Waals surface area contributed by atoms with Crippen LogP contribution in [0.4, 0.5) is 5.69 Å². The number of benzene rings is 2. The molecule has 0 bridgehead atoms. The molecule has 0 atom stereocenters. The standard InChI is InChI=1S/C23H31N3O4/c1-24-23(26-19-8-9-21(27-2)22(14-19)28-3)25-15-17-4-6-18(7-5-17)16-30-20-10-12-29-13-11-20/h4-9,14,20H,10-13,15-16H2,1-3H3,(H2,24,25,26). The Morgan fingerprint density at radius 3 is 2.37 bits per heavy atom. The molecule has 0 unspecified atom stereocenters. The molecule has 1 aliphatic rings. The number of nitrogens with one attached hydrogen (secondary N) is 2. The highest BCUT2D eigenvalue weighted by Gasteiger charge is 2.14. The van der Waals surface area contributed by atoms with Crippen molar-refractivity contribution in [2.45, 2.75) is 32.1 Å². The molecule has 1 aliphatic heterocycles. The first-order valence-corrected chi connectivity index (χ1v) is 10.2. The van der Waals surface area contributed by atoms with Gasteiger partial charge in [-0.25, -0.2) is 0 Å². The van der Waals surface area contributed by atoms with Crippen LogP contribution >= 0.6 is 0 Å². The first-order chi connectivity index (χ1) is 14.7. The van der Waals surface area contributed by atoms with Gasteiger partial charge in [0.25, 0.3) is 0 Å². The van der Waals surface area contributed by atoms with E-state index >= 15 is 0 Å². The second-order valence-corrected chi connectivity index (χ2v) is 7.06. The molecule has 3 rings (SSSR count). The summed E-state index contributed by atoms with van der Waals surface area (Å²) in [6.45, 7) is 2.90. The van der Waals surface area contributed by atoms with Gasteiger partial charge in [-0.1, -0.05) is 24.3 Å². The maximum Gasteiger partial charge on any atom is 0.195 e. The second-order valence-electron chi connectivity index (χ2n) is 7.06. The fraction of sp³-hybridized carbons (Fsp3) is 0.435. The molecule has 7 heteroatoms. The maximum atomic E-state index is 5.98. The largest absolute Gasteiger partial charge is 0.493 e. The molecule has 2 N–H and O–H groups in total. The summed E-state index contributed by atoms with van der Waals surface area (Å²) in [5.41, 5.74) is 3.21. The van der Waals surface area contributed by atoms with Crippen LogP contribution in [0.2, 0.25) is 0 Å². The summed E-state index contributed by atoms with van der Waals surface area (Å²) < 4.78 is 22.0. The average molecular weight is 414 g/mol. The number of anilines is 1. The highest BCUT2D eigenvalue weighted by molar-refractivity contribution is 5.93. The van der Waals surface area contributed by atoms with Crippen molar-refractivity contribution < 1.29 is 18.9 Å². The molecule has 0 amide bonds. The zero-order chi connectivity index (χ0) is 21.2. The molecule has 2 aromatic rings. The topological polar surface area (TPSA) is 73.3 Å². The van der Waals surface area contributed by atoms with Gasteiger partial charge >= 0.3 is 0 Å². The molecule has 1 saturated heterocycles. The van der Waals surface area contributed by atoms with Crippen LogP contribution in [0.25, 0.3) is 0 Å². The Kier molecular flexibility index (Phi) is 8.35. The van der Waals surface area contributed by atoms with Gasteiger partial charge < -0.3 is 29.6 Å². The zero-order valence-electron chi connectivity index (χ0n) is 17.9. The van der Waals surface area contributed by atoms with Crippen molar-refractivity contribution in [3.8, 4) is 11.5 Å². The second kappa shape index (κ2) is 11.4. The van der Waals surface area contributed by atoms with Gasteiger partial charge in [-0.15, -0.1) is 0 Å². The van der Waals surface area contributed by atoms with E-state index in [2.05, 4.69) is 39.9 Å². The van der Waals surface area contributed by atoms with Crippen LogP contribution in [0.1, 0.15) is 24.0 Å². The summed E-state index contributed by atoms with van der Waals surface area (Å²) >= 11 is 0. The molecular weight excluding hydrogens is 382 g/mol. The summed E-state index contributed by atoms with van der Waals surface area (Å²) in [7, 11) is 4.98. The van der Waals surface area contributed by atoms with Crippen LogP contribution in [0.3, 0.4) is 0 Å². The molecule has 0 radical (unpaired) electrons. The Labute approximate surface area is 178 Å². The molecule has 0 aliphatic carbocycles. The van der Waals surface area contributed by atoms with E-state index in [9.17, 15) is 0 Å². The third-order valence-electron chi connectivity index (χ3n) is 5.01. The minimum atomic E-state index is 0.311. The van der Waals surface area contributed by atoms with E-state index in [0.717, 1.165) is 31.7 Å². The Morgan fingerprint density at radius 1 is 1.00 bits per heavy atom. The fourth-order valence-corrected chi connectivity index (χ4v) is 3.23. The lowest BCUT2D eigenvalue weighted by Crippen LogP contribution is -2.30. The molecule has 162 valence electrons.